The number of carbonyl (C=O) groups excluding carboxylic acids is 2. The monoisotopic (exact) mass is 432 g/mol. The highest BCUT2D eigenvalue weighted by Crippen LogP contribution is 2.35. The Bertz CT molecular complexity index is 1170. The fraction of sp³-hybridized carbons (Fsp3) is 0.120. The molecule has 5 nitrogen and oxygen atoms in total. The lowest BCUT2D eigenvalue weighted by Gasteiger charge is -2.15. The number of halogens is 1. The molecule has 31 heavy (non-hydrogen) atoms. The van der Waals surface area contributed by atoms with Gasteiger partial charge in [0.15, 0.2) is 0 Å². The van der Waals surface area contributed by atoms with Gasteiger partial charge in [-0.2, -0.15) is 0 Å². The predicted octanol–water partition coefficient (Wildman–Crippen LogP) is 5.44. The van der Waals surface area contributed by atoms with Gasteiger partial charge < -0.3 is 10.1 Å². The molecule has 0 spiro atoms. The normalized spacial score (nSPS) is 13.7. The Morgan fingerprint density at radius 1 is 0.935 bits per heavy atom. The lowest BCUT2D eigenvalue weighted by molar-refractivity contribution is -0.120. The van der Waals surface area contributed by atoms with Crippen LogP contribution < -0.4 is 15.0 Å². The maximum Gasteiger partial charge on any atom is 0.282 e. The van der Waals surface area contributed by atoms with Crippen molar-refractivity contribution in [3.05, 3.63) is 94.6 Å². The van der Waals surface area contributed by atoms with Crippen LogP contribution in [0.2, 0.25) is 5.02 Å². The summed E-state index contributed by atoms with van der Waals surface area (Å²) in [6.07, 6.45) is 0. The van der Waals surface area contributed by atoms with Crippen LogP contribution in [-0.2, 0) is 9.59 Å². The zero-order chi connectivity index (χ0) is 22.0. The van der Waals surface area contributed by atoms with Gasteiger partial charge in [-0.05, 0) is 61.4 Å². The first-order valence-corrected chi connectivity index (χ1v) is 10.3. The minimum Gasteiger partial charge on any atom is -0.494 e. The molecule has 0 bridgehead atoms. The summed E-state index contributed by atoms with van der Waals surface area (Å²) in [6.45, 7) is 4.36. The number of hydrogen-bond donors (Lipinski definition) is 1. The Kier molecular flexibility index (Phi) is 5.78. The van der Waals surface area contributed by atoms with Crippen LogP contribution in [0.25, 0.3) is 5.57 Å². The Labute approximate surface area is 185 Å². The second-order valence-corrected chi connectivity index (χ2v) is 7.51. The number of benzene rings is 3. The molecule has 0 saturated carbocycles. The molecule has 0 aromatic heterocycles. The number of para-hydroxylation sites is 1. The third-order valence-corrected chi connectivity index (χ3v) is 5.25. The van der Waals surface area contributed by atoms with Gasteiger partial charge >= 0.3 is 0 Å². The number of nitrogens with zero attached hydrogens (tertiary/aromatic N) is 1. The van der Waals surface area contributed by atoms with Gasteiger partial charge in [-0.25, -0.2) is 4.90 Å². The molecule has 0 radical (unpaired) electrons. The molecule has 1 aliphatic heterocycles. The summed E-state index contributed by atoms with van der Waals surface area (Å²) in [4.78, 5) is 28.0. The molecule has 0 fully saturated rings. The maximum atomic E-state index is 13.4. The van der Waals surface area contributed by atoms with Crippen LogP contribution in [0.3, 0.4) is 0 Å². The smallest absolute Gasteiger partial charge is 0.282 e. The van der Waals surface area contributed by atoms with Crippen molar-refractivity contribution in [1.29, 1.82) is 0 Å². The number of aryl methyl sites for hydroxylation is 1. The summed E-state index contributed by atoms with van der Waals surface area (Å²) in [6, 6.07) is 21.4. The third-order valence-electron chi connectivity index (χ3n) is 5.01. The summed E-state index contributed by atoms with van der Waals surface area (Å²) in [7, 11) is 0. The van der Waals surface area contributed by atoms with E-state index in [-0.39, 0.29) is 11.6 Å². The quantitative estimate of drug-likeness (QED) is 0.526. The van der Waals surface area contributed by atoms with Crippen LogP contribution in [0.15, 0.2) is 78.5 Å². The number of rotatable bonds is 6. The van der Waals surface area contributed by atoms with E-state index >= 15 is 0 Å². The van der Waals surface area contributed by atoms with Crippen molar-refractivity contribution < 1.29 is 14.3 Å². The molecule has 0 atom stereocenters. The SMILES string of the molecule is CCOc1ccc(C2=C(Nc3cc(Cl)ccc3C)C(=O)N(c3ccccc3)C2=O)cc1. The first kappa shape index (κ1) is 20.7. The number of ether oxygens (including phenoxy) is 1. The van der Waals surface area contributed by atoms with Crippen molar-refractivity contribution in [3.8, 4) is 5.75 Å². The molecular formula is C25H21ClN2O3. The summed E-state index contributed by atoms with van der Waals surface area (Å²) >= 11 is 6.16. The molecule has 4 rings (SSSR count). The van der Waals surface area contributed by atoms with Gasteiger partial charge in [-0.1, -0.05) is 48.0 Å². The lowest BCUT2D eigenvalue weighted by atomic mass is 10.0. The molecule has 156 valence electrons. The molecule has 3 aromatic carbocycles. The summed E-state index contributed by atoms with van der Waals surface area (Å²) in [5, 5.41) is 3.71. The van der Waals surface area contributed by atoms with Crippen molar-refractivity contribution in [3.63, 3.8) is 0 Å². The van der Waals surface area contributed by atoms with Gasteiger partial charge in [0.2, 0.25) is 0 Å². The molecule has 1 aliphatic rings. The van der Waals surface area contributed by atoms with Crippen LogP contribution in [0.5, 0.6) is 5.75 Å². The number of anilines is 2. The van der Waals surface area contributed by atoms with E-state index in [1.807, 2.05) is 26.0 Å². The summed E-state index contributed by atoms with van der Waals surface area (Å²) in [5.41, 5.74) is 3.23. The van der Waals surface area contributed by atoms with Crippen LogP contribution in [0, 0.1) is 6.92 Å². The molecule has 6 heteroatoms. The Morgan fingerprint density at radius 3 is 2.32 bits per heavy atom. The van der Waals surface area contributed by atoms with Gasteiger partial charge in [-0.15, -0.1) is 0 Å². The van der Waals surface area contributed by atoms with Gasteiger partial charge in [0.05, 0.1) is 17.9 Å². The zero-order valence-electron chi connectivity index (χ0n) is 17.2. The van der Waals surface area contributed by atoms with Crippen LogP contribution in [0.1, 0.15) is 18.1 Å². The lowest BCUT2D eigenvalue weighted by Crippen LogP contribution is -2.32. The standard InChI is InChI=1S/C25H21ClN2O3/c1-3-31-20-13-10-17(11-14-20)22-23(27-21-15-18(26)12-9-16(21)2)25(30)28(24(22)29)19-7-5-4-6-8-19/h4-15,27H,3H2,1-2H3. The van der Waals surface area contributed by atoms with Gasteiger partial charge in [-0.3, -0.25) is 9.59 Å². The third kappa shape index (κ3) is 4.05. The highest BCUT2D eigenvalue weighted by Gasteiger charge is 2.40. The van der Waals surface area contributed by atoms with E-state index in [9.17, 15) is 9.59 Å². The van der Waals surface area contributed by atoms with Crippen molar-refractivity contribution >= 4 is 40.4 Å². The fourth-order valence-corrected chi connectivity index (χ4v) is 3.65. The molecule has 2 amide bonds. The van der Waals surface area contributed by atoms with Gasteiger partial charge in [0.1, 0.15) is 11.4 Å². The first-order valence-electron chi connectivity index (χ1n) is 9.94. The molecule has 0 aliphatic carbocycles. The van der Waals surface area contributed by atoms with Crippen LogP contribution >= 0.6 is 11.6 Å². The second-order valence-electron chi connectivity index (χ2n) is 7.07. The van der Waals surface area contributed by atoms with Crippen LogP contribution in [0.4, 0.5) is 11.4 Å². The number of amides is 2. The molecule has 0 saturated heterocycles. The van der Waals surface area contributed by atoms with E-state index in [0.717, 1.165) is 5.56 Å². The number of hydrogen-bond acceptors (Lipinski definition) is 4. The number of nitrogens with one attached hydrogen (secondary N) is 1. The molecule has 0 unspecified atom stereocenters. The molecule has 3 aromatic rings. The molecule has 1 heterocycles. The topological polar surface area (TPSA) is 58.6 Å². The van der Waals surface area contributed by atoms with Gasteiger partial charge in [0.25, 0.3) is 11.8 Å². The highest BCUT2D eigenvalue weighted by molar-refractivity contribution is 6.46. The van der Waals surface area contributed by atoms with Crippen LogP contribution in [-0.4, -0.2) is 18.4 Å². The summed E-state index contributed by atoms with van der Waals surface area (Å²) in [5.74, 6) is -0.106. The second kappa shape index (κ2) is 8.66. The van der Waals surface area contributed by atoms with E-state index in [4.69, 9.17) is 16.3 Å². The zero-order valence-corrected chi connectivity index (χ0v) is 17.9. The predicted molar refractivity (Wildman–Crippen MR) is 123 cm³/mol. The van der Waals surface area contributed by atoms with E-state index in [2.05, 4.69) is 5.32 Å². The highest BCUT2D eigenvalue weighted by atomic mass is 35.5. The van der Waals surface area contributed by atoms with E-state index < -0.39 is 5.91 Å². The minimum absolute atomic E-state index is 0.211. The number of carbonyl (C=O) groups is 2. The molecule has 1 N–H and O–H groups in total. The van der Waals surface area contributed by atoms with Gasteiger partial charge in [0, 0.05) is 10.7 Å². The maximum absolute atomic E-state index is 13.4. The largest absolute Gasteiger partial charge is 0.494 e. The van der Waals surface area contributed by atoms with Crippen molar-refractivity contribution in [2.24, 2.45) is 0 Å². The van der Waals surface area contributed by atoms with E-state index in [1.165, 1.54) is 4.90 Å². The number of imide groups is 1. The Morgan fingerprint density at radius 2 is 1.65 bits per heavy atom. The van der Waals surface area contributed by atoms with E-state index in [0.29, 0.717) is 39.9 Å². The first-order chi connectivity index (χ1) is 15.0. The fourth-order valence-electron chi connectivity index (χ4n) is 3.47. The Balaban J connectivity index is 1.82. The average molecular weight is 433 g/mol. The van der Waals surface area contributed by atoms with Crippen molar-refractivity contribution in [2.75, 3.05) is 16.8 Å². The average Bonchev–Trinajstić information content (AvgIpc) is 3.01. The van der Waals surface area contributed by atoms with E-state index in [1.54, 1.807) is 60.7 Å². The van der Waals surface area contributed by atoms with Crippen molar-refractivity contribution in [1.82, 2.24) is 0 Å². The molecular weight excluding hydrogens is 412 g/mol. The minimum atomic E-state index is -0.417. The summed E-state index contributed by atoms with van der Waals surface area (Å²) < 4.78 is 5.50. The van der Waals surface area contributed by atoms with Crippen molar-refractivity contribution in [2.45, 2.75) is 13.8 Å². The Hall–Kier alpha value is -3.57.